The first kappa shape index (κ1) is 19.4. The maximum Gasteiger partial charge on any atom is 0.256 e. The number of benzene rings is 1. The number of aliphatic imine (C=N–C) groups is 1. The van der Waals surface area contributed by atoms with Crippen LogP contribution in [-0.2, 0) is 11.3 Å². The van der Waals surface area contributed by atoms with Crippen LogP contribution in [0.2, 0.25) is 0 Å². The Kier molecular flexibility index (Phi) is 6.38. The molecule has 3 rings (SSSR count). The summed E-state index contributed by atoms with van der Waals surface area (Å²) in [5.41, 5.74) is 0.631. The molecule has 0 radical (unpaired) electrons. The summed E-state index contributed by atoms with van der Waals surface area (Å²) in [7, 11) is 0. The number of ether oxygens (including phenoxy) is 1. The average Bonchev–Trinajstić information content (AvgIpc) is 3.21. The van der Waals surface area contributed by atoms with Crippen molar-refractivity contribution in [3.05, 3.63) is 28.2 Å². The Hall–Kier alpha value is -1.36. The zero-order valence-corrected chi connectivity index (χ0v) is 17.5. The average molecular weight is 421 g/mol. The molecule has 1 heterocycles. The van der Waals surface area contributed by atoms with E-state index in [1.54, 1.807) is 0 Å². The van der Waals surface area contributed by atoms with Crippen molar-refractivity contribution in [3.8, 4) is 5.75 Å². The highest BCUT2D eigenvalue weighted by Gasteiger charge is 2.49. The normalized spacial score (nSPS) is 18.7. The molecule has 1 aromatic carbocycles. The first-order valence-electron chi connectivity index (χ1n) is 9.91. The van der Waals surface area contributed by atoms with Gasteiger partial charge in [0.15, 0.2) is 0 Å². The van der Waals surface area contributed by atoms with Crippen LogP contribution in [0.3, 0.4) is 0 Å². The lowest BCUT2D eigenvalue weighted by Gasteiger charge is -2.23. The van der Waals surface area contributed by atoms with E-state index in [-0.39, 0.29) is 5.91 Å². The summed E-state index contributed by atoms with van der Waals surface area (Å²) in [5.74, 6) is 2.04. The van der Waals surface area contributed by atoms with E-state index < -0.39 is 5.54 Å². The topological polar surface area (TPSA) is 41.9 Å². The van der Waals surface area contributed by atoms with Crippen LogP contribution in [0.4, 0.5) is 0 Å². The minimum absolute atomic E-state index is 0.208. The number of halogens is 1. The molecule has 26 heavy (non-hydrogen) atoms. The molecule has 1 aromatic rings. The number of nitrogens with zero attached hydrogens (tertiary/aromatic N) is 2. The molecule has 2 aliphatic rings. The molecule has 0 saturated heterocycles. The fourth-order valence-electron chi connectivity index (χ4n) is 3.85. The molecule has 0 atom stereocenters. The predicted molar refractivity (Wildman–Crippen MR) is 109 cm³/mol. The first-order valence-corrected chi connectivity index (χ1v) is 10.7. The molecule has 0 bridgehead atoms. The lowest BCUT2D eigenvalue weighted by molar-refractivity contribution is -0.131. The third-order valence-electron chi connectivity index (χ3n) is 5.28. The highest BCUT2D eigenvalue weighted by atomic mass is 79.9. The Morgan fingerprint density at radius 2 is 2.00 bits per heavy atom. The number of hydrogen-bond donors (Lipinski definition) is 0. The van der Waals surface area contributed by atoms with E-state index in [0.29, 0.717) is 13.2 Å². The molecule has 0 unspecified atom stereocenters. The van der Waals surface area contributed by atoms with Crippen LogP contribution < -0.4 is 4.74 Å². The third-order valence-corrected chi connectivity index (χ3v) is 5.94. The molecular weight excluding hydrogens is 392 g/mol. The summed E-state index contributed by atoms with van der Waals surface area (Å²) in [6, 6.07) is 6.12. The minimum Gasteiger partial charge on any atom is -0.492 e. The lowest BCUT2D eigenvalue weighted by atomic mass is 9.98. The molecule has 142 valence electrons. The number of unbranched alkanes of at least 4 members (excludes halogenated alkanes) is 1. The third kappa shape index (κ3) is 3.98. The van der Waals surface area contributed by atoms with Gasteiger partial charge >= 0.3 is 0 Å². The molecular formula is C21H29BrN2O2. The maximum absolute atomic E-state index is 13.2. The van der Waals surface area contributed by atoms with Gasteiger partial charge in [-0.3, -0.25) is 14.7 Å². The van der Waals surface area contributed by atoms with E-state index >= 15 is 0 Å². The SMILES string of the molecule is CCCCC1=NC2(CCCC2)C(=O)N1Cc1ccc(Br)c(OCCC)c1. The monoisotopic (exact) mass is 420 g/mol. The van der Waals surface area contributed by atoms with Crippen molar-refractivity contribution in [2.45, 2.75) is 77.3 Å². The van der Waals surface area contributed by atoms with E-state index in [9.17, 15) is 4.79 Å². The van der Waals surface area contributed by atoms with E-state index in [2.05, 4.69) is 35.8 Å². The van der Waals surface area contributed by atoms with Crippen molar-refractivity contribution in [1.82, 2.24) is 4.90 Å². The maximum atomic E-state index is 13.2. The second-order valence-electron chi connectivity index (χ2n) is 7.37. The number of amides is 1. The minimum atomic E-state index is -0.458. The second kappa shape index (κ2) is 8.55. The molecule has 1 spiro atoms. The van der Waals surface area contributed by atoms with Crippen LogP contribution in [0.15, 0.2) is 27.7 Å². The Morgan fingerprint density at radius 3 is 2.69 bits per heavy atom. The predicted octanol–water partition coefficient (Wildman–Crippen LogP) is 5.48. The fraction of sp³-hybridized carbons (Fsp3) is 0.619. The van der Waals surface area contributed by atoms with E-state index in [0.717, 1.165) is 73.0 Å². The fourth-order valence-corrected chi connectivity index (χ4v) is 4.21. The summed E-state index contributed by atoms with van der Waals surface area (Å²) < 4.78 is 6.78. The van der Waals surface area contributed by atoms with Crippen molar-refractivity contribution in [1.29, 1.82) is 0 Å². The van der Waals surface area contributed by atoms with Crippen LogP contribution in [0.25, 0.3) is 0 Å². The van der Waals surface area contributed by atoms with Gasteiger partial charge in [-0.25, -0.2) is 0 Å². The molecule has 4 nitrogen and oxygen atoms in total. The highest BCUT2D eigenvalue weighted by molar-refractivity contribution is 9.10. The Bertz CT molecular complexity index is 681. The van der Waals surface area contributed by atoms with Crippen LogP contribution in [0, 0.1) is 0 Å². The van der Waals surface area contributed by atoms with E-state index in [4.69, 9.17) is 9.73 Å². The number of rotatable bonds is 8. The van der Waals surface area contributed by atoms with Gasteiger partial charge < -0.3 is 4.74 Å². The smallest absolute Gasteiger partial charge is 0.256 e. The second-order valence-corrected chi connectivity index (χ2v) is 8.23. The highest BCUT2D eigenvalue weighted by Crippen LogP contribution is 2.40. The molecule has 1 amide bonds. The molecule has 1 aliphatic heterocycles. The van der Waals surface area contributed by atoms with Gasteiger partial charge in [-0.1, -0.05) is 39.2 Å². The van der Waals surface area contributed by atoms with Crippen molar-refractivity contribution < 1.29 is 9.53 Å². The Morgan fingerprint density at radius 1 is 1.23 bits per heavy atom. The van der Waals surface area contributed by atoms with Crippen molar-refractivity contribution in [3.63, 3.8) is 0 Å². The number of hydrogen-bond acceptors (Lipinski definition) is 3. The summed E-state index contributed by atoms with van der Waals surface area (Å²) in [6.07, 6.45) is 8.07. The van der Waals surface area contributed by atoms with Gasteiger partial charge in [0.1, 0.15) is 17.1 Å². The van der Waals surface area contributed by atoms with Crippen LogP contribution in [0.5, 0.6) is 5.75 Å². The zero-order chi connectivity index (χ0) is 18.6. The van der Waals surface area contributed by atoms with Crippen molar-refractivity contribution in [2.24, 2.45) is 4.99 Å². The molecule has 0 aromatic heterocycles. The molecule has 1 aliphatic carbocycles. The molecule has 0 N–H and O–H groups in total. The van der Waals surface area contributed by atoms with Gasteiger partial charge in [-0.05, 0) is 59.3 Å². The van der Waals surface area contributed by atoms with Crippen LogP contribution in [-0.4, -0.2) is 28.8 Å². The van der Waals surface area contributed by atoms with Gasteiger partial charge in [0.2, 0.25) is 0 Å². The summed E-state index contributed by atoms with van der Waals surface area (Å²) in [4.78, 5) is 20.1. The molecule has 1 fully saturated rings. The Balaban J connectivity index is 1.80. The van der Waals surface area contributed by atoms with Crippen molar-refractivity contribution in [2.75, 3.05) is 6.61 Å². The summed E-state index contributed by atoms with van der Waals surface area (Å²) in [6.45, 7) is 5.55. The number of amidine groups is 1. The van der Waals surface area contributed by atoms with Gasteiger partial charge in [0.05, 0.1) is 17.6 Å². The lowest BCUT2D eigenvalue weighted by Crippen LogP contribution is -2.40. The summed E-state index contributed by atoms with van der Waals surface area (Å²) in [5, 5.41) is 0. The van der Waals surface area contributed by atoms with Gasteiger partial charge in [-0.15, -0.1) is 0 Å². The number of carbonyl (C=O) groups excluding carboxylic acids is 1. The molecule has 1 saturated carbocycles. The molecule has 5 heteroatoms. The van der Waals surface area contributed by atoms with Crippen LogP contribution >= 0.6 is 15.9 Å². The number of carbonyl (C=O) groups is 1. The van der Waals surface area contributed by atoms with E-state index in [1.165, 1.54) is 0 Å². The van der Waals surface area contributed by atoms with E-state index in [1.807, 2.05) is 17.0 Å². The van der Waals surface area contributed by atoms with Gasteiger partial charge in [0, 0.05) is 6.42 Å². The van der Waals surface area contributed by atoms with Crippen LogP contribution in [0.1, 0.15) is 70.8 Å². The quantitative estimate of drug-likeness (QED) is 0.558. The zero-order valence-electron chi connectivity index (χ0n) is 15.9. The van der Waals surface area contributed by atoms with Gasteiger partial charge in [-0.2, -0.15) is 0 Å². The Labute approximate surface area is 165 Å². The largest absolute Gasteiger partial charge is 0.492 e. The van der Waals surface area contributed by atoms with Crippen molar-refractivity contribution >= 4 is 27.7 Å². The standard InChI is InChI=1S/C21H29BrN2O2/c1-3-5-8-19-23-21(11-6-7-12-21)20(25)24(19)15-16-9-10-17(22)18(14-16)26-13-4-2/h9-10,14H,3-8,11-13,15H2,1-2H3. The summed E-state index contributed by atoms with van der Waals surface area (Å²) >= 11 is 3.55. The first-order chi connectivity index (χ1) is 12.6. The van der Waals surface area contributed by atoms with Gasteiger partial charge in [0.25, 0.3) is 5.91 Å².